The lowest BCUT2D eigenvalue weighted by Crippen LogP contribution is -2.16. The van der Waals surface area contributed by atoms with Crippen LogP contribution in [-0.4, -0.2) is 0 Å². The maximum Gasteiger partial charge on any atom is 0.300 e. The Morgan fingerprint density at radius 3 is 1.42 bits per heavy atom. The van der Waals surface area contributed by atoms with Crippen LogP contribution in [0.3, 0.4) is 0 Å². The molecule has 0 spiro atoms. The highest BCUT2D eigenvalue weighted by molar-refractivity contribution is 14.1. The zero-order valence-corrected chi connectivity index (χ0v) is 19.2. The SMILES string of the molecule is Cc1c2c(c(C)c3c1C(F)(F)c1cc(I)sc1-3)C(F)(F)c1cc(I)sc1-2. The number of fused-ring (bicyclic) bond motifs is 6. The van der Waals surface area contributed by atoms with Gasteiger partial charge in [0, 0.05) is 43.1 Å². The molecule has 2 heterocycles. The molecule has 8 heteroatoms. The van der Waals surface area contributed by atoms with Gasteiger partial charge in [0.05, 0.1) is 5.77 Å². The Kier molecular flexibility index (Phi) is 3.60. The summed E-state index contributed by atoms with van der Waals surface area (Å²) in [6, 6.07) is 2.95. The van der Waals surface area contributed by atoms with Crippen LogP contribution in [0.1, 0.15) is 33.4 Å². The predicted octanol–water partition coefficient (Wildman–Crippen LogP) is 7.88. The number of hydrogen-bond acceptors (Lipinski definition) is 2. The quantitative estimate of drug-likeness (QED) is 0.178. The summed E-state index contributed by atoms with van der Waals surface area (Å²) in [5.41, 5.74) is 0.859. The van der Waals surface area contributed by atoms with Crippen molar-refractivity contribution < 1.29 is 17.6 Å². The first-order chi connectivity index (χ1) is 12.1. The van der Waals surface area contributed by atoms with Gasteiger partial charge < -0.3 is 0 Å². The highest BCUT2D eigenvalue weighted by Crippen LogP contribution is 2.64. The largest absolute Gasteiger partial charge is 0.300 e. The lowest BCUT2D eigenvalue weighted by molar-refractivity contribution is 0.0443. The van der Waals surface area contributed by atoms with Crippen molar-refractivity contribution in [3.8, 4) is 20.9 Å². The van der Waals surface area contributed by atoms with E-state index in [2.05, 4.69) is 0 Å². The van der Waals surface area contributed by atoms with Gasteiger partial charge in [-0.05, 0) is 82.3 Å². The number of hydrogen-bond donors (Lipinski definition) is 0. The van der Waals surface area contributed by atoms with E-state index in [1.807, 2.05) is 45.2 Å². The summed E-state index contributed by atoms with van der Waals surface area (Å²) in [7, 11) is 0. The van der Waals surface area contributed by atoms with Crippen LogP contribution in [0.5, 0.6) is 0 Å². The zero-order valence-electron chi connectivity index (χ0n) is 13.2. The van der Waals surface area contributed by atoms with Crippen molar-refractivity contribution in [3.05, 3.63) is 51.3 Å². The third-order valence-electron chi connectivity index (χ3n) is 5.16. The third kappa shape index (κ3) is 1.94. The summed E-state index contributed by atoms with van der Waals surface area (Å²) in [5.74, 6) is -6.31. The number of rotatable bonds is 0. The molecule has 2 aromatic heterocycles. The van der Waals surface area contributed by atoms with Crippen LogP contribution in [0.15, 0.2) is 12.1 Å². The van der Waals surface area contributed by atoms with Gasteiger partial charge in [-0.3, -0.25) is 0 Å². The molecule has 1 aromatic carbocycles. The molecule has 0 fully saturated rings. The Morgan fingerprint density at radius 2 is 1.08 bits per heavy atom. The molecule has 5 rings (SSSR count). The fraction of sp³-hybridized carbons (Fsp3) is 0.222. The summed E-state index contributed by atoms with van der Waals surface area (Å²) in [6.45, 7) is 3.12. The van der Waals surface area contributed by atoms with E-state index in [4.69, 9.17) is 0 Å². The van der Waals surface area contributed by atoms with Crippen molar-refractivity contribution >= 4 is 67.9 Å². The fourth-order valence-electron chi connectivity index (χ4n) is 4.18. The molecule has 0 aliphatic heterocycles. The molecule has 0 bridgehead atoms. The zero-order chi connectivity index (χ0) is 18.8. The Morgan fingerprint density at radius 1 is 0.731 bits per heavy atom. The van der Waals surface area contributed by atoms with Gasteiger partial charge in [0.1, 0.15) is 0 Å². The lowest BCUT2D eigenvalue weighted by Gasteiger charge is -2.22. The van der Waals surface area contributed by atoms with Crippen molar-refractivity contribution in [2.24, 2.45) is 0 Å². The molecule has 0 N–H and O–H groups in total. The van der Waals surface area contributed by atoms with Crippen molar-refractivity contribution in [2.75, 3.05) is 0 Å². The summed E-state index contributed by atoms with van der Waals surface area (Å²) < 4.78 is 62.4. The molecule has 0 radical (unpaired) electrons. The predicted molar refractivity (Wildman–Crippen MR) is 114 cm³/mol. The van der Waals surface area contributed by atoms with Gasteiger partial charge >= 0.3 is 11.8 Å². The summed E-state index contributed by atoms with van der Waals surface area (Å²) >= 11 is 6.49. The highest BCUT2D eigenvalue weighted by atomic mass is 127. The van der Waals surface area contributed by atoms with Crippen LogP contribution >= 0.6 is 67.9 Å². The van der Waals surface area contributed by atoms with E-state index in [9.17, 15) is 0 Å². The van der Waals surface area contributed by atoms with E-state index in [0.717, 1.165) is 5.77 Å². The standard InChI is InChI=1S/C18H8F4I2S2/c1-5-11-14(18(21,22)7-3-9(23)25-15(7)11)6(2)12-13(5)17(19,20)8-4-10(24)26-16(8)12/h3-4H,1-2H3. The van der Waals surface area contributed by atoms with Crippen molar-refractivity contribution in [2.45, 2.75) is 25.7 Å². The number of halogens is 6. The van der Waals surface area contributed by atoms with Gasteiger partial charge in [0.25, 0.3) is 0 Å². The second-order valence-electron chi connectivity index (χ2n) is 6.49. The van der Waals surface area contributed by atoms with Gasteiger partial charge in [-0.2, -0.15) is 17.6 Å². The second kappa shape index (κ2) is 5.24. The van der Waals surface area contributed by atoms with Crippen LogP contribution in [0.2, 0.25) is 0 Å². The minimum atomic E-state index is -3.16. The van der Waals surface area contributed by atoms with Gasteiger partial charge in [-0.25, -0.2) is 0 Å². The Bertz CT molecular complexity index is 1050. The normalized spacial score (nSPS) is 17.8. The molecular weight excluding hydrogens is 610 g/mol. The average Bonchev–Trinajstić information content (AvgIpc) is 3.19. The van der Waals surface area contributed by atoms with Crippen molar-refractivity contribution in [1.29, 1.82) is 0 Å². The first kappa shape index (κ1) is 17.9. The maximum atomic E-state index is 15.2. The molecule has 0 unspecified atom stereocenters. The van der Waals surface area contributed by atoms with E-state index in [0.29, 0.717) is 20.9 Å². The van der Waals surface area contributed by atoms with Crippen molar-refractivity contribution in [1.82, 2.24) is 0 Å². The van der Waals surface area contributed by atoms with Crippen LogP contribution in [-0.2, 0) is 11.8 Å². The van der Waals surface area contributed by atoms with E-state index in [-0.39, 0.29) is 33.4 Å². The summed E-state index contributed by atoms with van der Waals surface area (Å²) in [4.78, 5) is 0.858. The molecular formula is C18H8F4I2S2. The van der Waals surface area contributed by atoms with Gasteiger partial charge in [0.15, 0.2) is 0 Å². The smallest absolute Gasteiger partial charge is 0.196 e. The van der Waals surface area contributed by atoms with E-state index in [1.165, 1.54) is 34.8 Å². The van der Waals surface area contributed by atoms with Crippen LogP contribution in [0.4, 0.5) is 17.6 Å². The highest BCUT2D eigenvalue weighted by Gasteiger charge is 2.54. The Labute approximate surface area is 181 Å². The molecule has 134 valence electrons. The first-order valence-corrected chi connectivity index (χ1v) is 11.4. The molecule has 2 aliphatic rings. The second-order valence-corrected chi connectivity index (χ2v) is 12.4. The van der Waals surface area contributed by atoms with Crippen LogP contribution in [0, 0.1) is 19.6 Å². The van der Waals surface area contributed by atoms with E-state index >= 15 is 17.6 Å². The minimum Gasteiger partial charge on any atom is -0.196 e. The number of alkyl halides is 4. The Hall–Kier alpha value is -0.200. The summed E-state index contributed by atoms with van der Waals surface area (Å²) in [5, 5.41) is 0. The Balaban J connectivity index is 1.97. The molecule has 26 heavy (non-hydrogen) atoms. The van der Waals surface area contributed by atoms with Crippen molar-refractivity contribution in [3.63, 3.8) is 0 Å². The lowest BCUT2D eigenvalue weighted by atomic mass is 9.88. The minimum absolute atomic E-state index is 0.0546. The van der Waals surface area contributed by atoms with Crippen LogP contribution in [0.25, 0.3) is 20.9 Å². The number of benzene rings is 1. The molecule has 0 saturated heterocycles. The summed E-state index contributed by atoms with van der Waals surface area (Å²) in [6.07, 6.45) is 0. The van der Waals surface area contributed by atoms with E-state index < -0.39 is 11.8 Å². The fourth-order valence-corrected chi connectivity index (χ4v) is 8.18. The number of thiophene rings is 2. The molecule has 2 aliphatic carbocycles. The van der Waals surface area contributed by atoms with Gasteiger partial charge in [0.2, 0.25) is 0 Å². The first-order valence-electron chi connectivity index (χ1n) is 7.61. The molecule has 3 aromatic rings. The van der Waals surface area contributed by atoms with Gasteiger partial charge in [-0.1, -0.05) is 0 Å². The third-order valence-corrected chi connectivity index (χ3v) is 8.99. The van der Waals surface area contributed by atoms with Gasteiger partial charge in [-0.15, -0.1) is 22.7 Å². The molecule has 0 amide bonds. The maximum absolute atomic E-state index is 15.2. The monoisotopic (exact) mass is 618 g/mol. The van der Waals surface area contributed by atoms with E-state index in [1.54, 1.807) is 13.8 Å². The topological polar surface area (TPSA) is 0 Å². The molecule has 0 nitrogen and oxygen atoms in total. The average molecular weight is 618 g/mol. The molecule has 0 atom stereocenters. The molecule has 0 saturated carbocycles. The van der Waals surface area contributed by atoms with Crippen LogP contribution < -0.4 is 0 Å².